The van der Waals surface area contributed by atoms with Crippen molar-refractivity contribution in [2.75, 3.05) is 0 Å². The molecule has 0 fully saturated rings. The number of hydrogen-bond acceptors (Lipinski definition) is 1. The highest BCUT2D eigenvalue weighted by molar-refractivity contribution is 5.29. The third-order valence-corrected chi connectivity index (χ3v) is 4.06. The first-order chi connectivity index (χ1) is 8.63. The van der Waals surface area contributed by atoms with Crippen molar-refractivity contribution in [3.8, 4) is 0 Å². The summed E-state index contributed by atoms with van der Waals surface area (Å²) in [7, 11) is 0. The summed E-state index contributed by atoms with van der Waals surface area (Å²) in [6, 6.07) is 0. The van der Waals surface area contributed by atoms with Crippen LogP contribution in [0.4, 0.5) is 0 Å². The van der Waals surface area contributed by atoms with Gasteiger partial charge in [-0.2, -0.15) is 0 Å². The van der Waals surface area contributed by atoms with Crippen molar-refractivity contribution in [1.29, 1.82) is 0 Å². The van der Waals surface area contributed by atoms with E-state index in [1.54, 1.807) is 0 Å². The zero-order chi connectivity index (χ0) is 14.8. The van der Waals surface area contributed by atoms with Crippen molar-refractivity contribution in [2.45, 2.75) is 91.4 Å². The van der Waals surface area contributed by atoms with Gasteiger partial charge in [0, 0.05) is 22.4 Å². The van der Waals surface area contributed by atoms with Gasteiger partial charge in [0.15, 0.2) is 0 Å². The Morgan fingerprint density at radius 2 is 1.68 bits per heavy atom. The molecule has 0 spiro atoms. The fraction of sp³-hybridized carbons (Fsp3) is 0.824. The summed E-state index contributed by atoms with van der Waals surface area (Å²) >= 11 is 0. The molecule has 1 aromatic heterocycles. The van der Waals surface area contributed by atoms with Gasteiger partial charge >= 0.3 is 0 Å². The molecule has 1 rings (SSSR count). The molecule has 110 valence electrons. The van der Waals surface area contributed by atoms with Gasteiger partial charge in [0.1, 0.15) is 5.82 Å². The molecule has 0 bridgehead atoms. The molecule has 0 saturated carbocycles. The van der Waals surface area contributed by atoms with Crippen LogP contribution in [-0.4, -0.2) is 9.97 Å². The minimum absolute atomic E-state index is 0.0998. The van der Waals surface area contributed by atoms with Crippen molar-refractivity contribution in [2.24, 2.45) is 0 Å². The standard InChI is InChI=1S/C17H32N2/c1-9-11-17(7,8)14-13(16(4,5)6)18-15(19-14)12(3)10-2/h12H,9-11H2,1-8H3,(H,18,19). The summed E-state index contributed by atoms with van der Waals surface area (Å²) in [5.74, 6) is 1.67. The quantitative estimate of drug-likeness (QED) is 0.768. The Hall–Kier alpha value is -0.790. The van der Waals surface area contributed by atoms with Gasteiger partial charge in [-0.25, -0.2) is 4.98 Å². The van der Waals surface area contributed by atoms with E-state index in [0.29, 0.717) is 5.92 Å². The second kappa shape index (κ2) is 5.68. The monoisotopic (exact) mass is 264 g/mol. The zero-order valence-electron chi connectivity index (χ0n) is 14.1. The minimum Gasteiger partial charge on any atom is -0.345 e. The molecule has 0 saturated heterocycles. The minimum atomic E-state index is 0.0998. The van der Waals surface area contributed by atoms with Gasteiger partial charge in [-0.05, 0) is 12.8 Å². The first-order valence-electron chi connectivity index (χ1n) is 7.74. The van der Waals surface area contributed by atoms with Crippen molar-refractivity contribution >= 4 is 0 Å². The molecule has 2 nitrogen and oxygen atoms in total. The average molecular weight is 264 g/mol. The Balaban J connectivity index is 3.32. The molecular weight excluding hydrogens is 232 g/mol. The van der Waals surface area contributed by atoms with Crippen LogP contribution < -0.4 is 0 Å². The van der Waals surface area contributed by atoms with E-state index < -0.39 is 0 Å². The molecule has 0 aromatic carbocycles. The molecule has 1 heterocycles. The second-order valence-electron chi connectivity index (χ2n) is 7.54. The predicted molar refractivity (Wildman–Crippen MR) is 83.9 cm³/mol. The van der Waals surface area contributed by atoms with Crippen molar-refractivity contribution in [3.63, 3.8) is 0 Å². The van der Waals surface area contributed by atoms with Crippen LogP contribution in [0, 0.1) is 0 Å². The Bertz CT molecular complexity index is 407. The van der Waals surface area contributed by atoms with Crippen LogP contribution in [0.1, 0.15) is 97.8 Å². The molecule has 0 radical (unpaired) electrons. The molecule has 1 unspecified atom stereocenters. The summed E-state index contributed by atoms with van der Waals surface area (Å²) in [5, 5.41) is 0. The lowest BCUT2D eigenvalue weighted by atomic mass is 9.78. The van der Waals surface area contributed by atoms with Gasteiger partial charge in [0.25, 0.3) is 0 Å². The summed E-state index contributed by atoms with van der Waals surface area (Å²) in [4.78, 5) is 8.60. The Morgan fingerprint density at radius 3 is 2.11 bits per heavy atom. The zero-order valence-corrected chi connectivity index (χ0v) is 14.1. The van der Waals surface area contributed by atoms with E-state index >= 15 is 0 Å². The lowest BCUT2D eigenvalue weighted by Gasteiger charge is -2.28. The van der Waals surface area contributed by atoms with E-state index in [-0.39, 0.29) is 10.8 Å². The normalized spacial score (nSPS) is 14.7. The van der Waals surface area contributed by atoms with Crippen LogP contribution in [-0.2, 0) is 10.8 Å². The molecular formula is C17H32N2. The number of imidazole rings is 1. The van der Waals surface area contributed by atoms with E-state index in [2.05, 4.69) is 60.4 Å². The summed E-state index contributed by atoms with van der Waals surface area (Å²) in [6.07, 6.45) is 3.53. The largest absolute Gasteiger partial charge is 0.345 e. The topological polar surface area (TPSA) is 28.7 Å². The number of nitrogens with one attached hydrogen (secondary N) is 1. The van der Waals surface area contributed by atoms with E-state index in [0.717, 1.165) is 12.2 Å². The highest BCUT2D eigenvalue weighted by Gasteiger charge is 2.32. The van der Waals surface area contributed by atoms with Gasteiger partial charge in [0.2, 0.25) is 0 Å². The van der Waals surface area contributed by atoms with Crippen LogP contribution in [0.3, 0.4) is 0 Å². The van der Waals surface area contributed by atoms with Crippen molar-refractivity contribution in [1.82, 2.24) is 9.97 Å². The molecule has 0 amide bonds. The molecule has 0 aliphatic heterocycles. The lowest BCUT2D eigenvalue weighted by molar-refractivity contribution is 0.441. The summed E-state index contributed by atoms with van der Waals surface area (Å²) < 4.78 is 0. The van der Waals surface area contributed by atoms with Crippen LogP contribution in [0.15, 0.2) is 0 Å². The average Bonchev–Trinajstić information content (AvgIpc) is 2.73. The van der Waals surface area contributed by atoms with E-state index in [1.165, 1.54) is 24.2 Å². The van der Waals surface area contributed by atoms with Crippen LogP contribution >= 0.6 is 0 Å². The lowest BCUT2D eigenvalue weighted by Crippen LogP contribution is -2.24. The first kappa shape index (κ1) is 16.3. The number of nitrogens with zero attached hydrogens (tertiary/aromatic N) is 1. The molecule has 1 N–H and O–H groups in total. The van der Waals surface area contributed by atoms with Gasteiger partial charge in [-0.15, -0.1) is 0 Å². The maximum atomic E-state index is 4.95. The van der Waals surface area contributed by atoms with E-state index in [9.17, 15) is 0 Å². The third-order valence-electron chi connectivity index (χ3n) is 4.06. The molecule has 1 aromatic rings. The molecule has 0 aliphatic carbocycles. The Kier molecular flexibility index (Phi) is 4.86. The molecule has 1 atom stereocenters. The Labute approximate surface area is 119 Å². The summed E-state index contributed by atoms with van der Waals surface area (Å²) in [6.45, 7) is 18.2. The number of aromatic nitrogens is 2. The SMILES string of the molecule is CCCC(C)(C)c1[nH]c(C(C)CC)nc1C(C)(C)C. The van der Waals surface area contributed by atoms with E-state index in [1.807, 2.05) is 0 Å². The molecule has 19 heavy (non-hydrogen) atoms. The van der Waals surface area contributed by atoms with Crippen LogP contribution in [0.25, 0.3) is 0 Å². The first-order valence-corrected chi connectivity index (χ1v) is 7.74. The van der Waals surface area contributed by atoms with E-state index in [4.69, 9.17) is 4.98 Å². The highest BCUT2D eigenvalue weighted by Crippen LogP contribution is 2.36. The number of aromatic amines is 1. The smallest absolute Gasteiger partial charge is 0.109 e. The molecule has 2 heteroatoms. The maximum Gasteiger partial charge on any atom is 0.109 e. The van der Waals surface area contributed by atoms with Gasteiger partial charge in [-0.3, -0.25) is 0 Å². The number of H-pyrrole nitrogens is 1. The fourth-order valence-electron chi connectivity index (χ4n) is 2.60. The Morgan fingerprint density at radius 1 is 1.11 bits per heavy atom. The number of hydrogen-bond donors (Lipinski definition) is 1. The van der Waals surface area contributed by atoms with Crippen LogP contribution in [0.5, 0.6) is 0 Å². The number of rotatable bonds is 5. The van der Waals surface area contributed by atoms with Crippen LogP contribution in [0.2, 0.25) is 0 Å². The third kappa shape index (κ3) is 3.61. The van der Waals surface area contributed by atoms with Gasteiger partial charge < -0.3 is 4.98 Å². The highest BCUT2D eigenvalue weighted by atomic mass is 15.0. The maximum absolute atomic E-state index is 4.95. The van der Waals surface area contributed by atoms with Gasteiger partial charge in [0.05, 0.1) is 5.69 Å². The summed E-state index contributed by atoms with van der Waals surface area (Å²) in [5.41, 5.74) is 2.87. The molecule has 0 aliphatic rings. The second-order valence-corrected chi connectivity index (χ2v) is 7.54. The van der Waals surface area contributed by atoms with Gasteiger partial charge in [-0.1, -0.05) is 61.8 Å². The van der Waals surface area contributed by atoms with Crippen molar-refractivity contribution < 1.29 is 0 Å². The fourth-order valence-corrected chi connectivity index (χ4v) is 2.60. The predicted octanol–water partition coefficient (Wildman–Crippen LogP) is 5.30. The van der Waals surface area contributed by atoms with Crippen molar-refractivity contribution in [3.05, 3.63) is 17.2 Å².